The maximum atomic E-state index is 13.3. The highest BCUT2D eigenvalue weighted by Crippen LogP contribution is 2.31. The number of para-hydroxylation sites is 2. The first kappa shape index (κ1) is 21.3. The van der Waals surface area contributed by atoms with Gasteiger partial charge in [-0.25, -0.2) is 4.98 Å². The Kier molecular flexibility index (Phi) is 5.88. The van der Waals surface area contributed by atoms with Crippen molar-refractivity contribution in [3.05, 3.63) is 94.3 Å². The molecule has 0 fully saturated rings. The molecule has 1 aliphatic rings. The van der Waals surface area contributed by atoms with Gasteiger partial charge in [-0.05, 0) is 37.3 Å². The molecule has 1 aliphatic heterocycles. The molecule has 3 aromatic carbocycles. The van der Waals surface area contributed by atoms with Crippen LogP contribution in [0.1, 0.15) is 23.6 Å². The number of aryl methyl sites for hydroxylation is 1. The first-order chi connectivity index (χ1) is 16.1. The number of benzene rings is 3. The molecule has 5 rings (SSSR count). The number of ether oxygens (including phenoxy) is 1. The number of nitrogens with zero attached hydrogens (tertiary/aromatic N) is 2. The molecule has 1 amide bonds. The highest BCUT2D eigenvalue weighted by Gasteiger charge is 2.23. The van der Waals surface area contributed by atoms with Gasteiger partial charge >= 0.3 is 0 Å². The van der Waals surface area contributed by atoms with Gasteiger partial charge in [-0.15, -0.1) is 0 Å². The summed E-state index contributed by atoms with van der Waals surface area (Å²) in [6.07, 6.45) is 0.718. The van der Waals surface area contributed by atoms with Gasteiger partial charge in [0.2, 0.25) is 5.91 Å². The lowest BCUT2D eigenvalue weighted by atomic mass is 10.0. The number of hydrogen-bond donors (Lipinski definition) is 1. The number of carbonyl (C=O) groups is 1. The number of carbonyl (C=O) groups excluding carboxylic acids is 1. The molecule has 33 heavy (non-hydrogen) atoms. The maximum Gasteiger partial charge on any atom is 0.266 e. The van der Waals surface area contributed by atoms with Gasteiger partial charge in [0.1, 0.15) is 5.75 Å². The minimum absolute atomic E-state index is 0.0908. The molecule has 6 nitrogen and oxygen atoms in total. The van der Waals surface area contributed by atoms with Crippen LogP contribution in [0, 0.1) is 6.92 Å². The fourth-order valence-electron chi connectivity index (χ4n) is 3.99. The van der Waals surface area contributed by atoms with Crippen LogP contribution in [0.3, 0.4) is 0 Å². The van der Waals surface area contributed by atoms with E-state index in [1.165, 1.54) is 11.8 Å². The average Bonchev–Trinajstić information content (AvgIpc) is 2.84. The van der Waals surface area contributed by atoms with Crippen molar-refractivity contribution in [2.75, 3.05) is 12.4 Å². The van der Waals surface area contributed by atoms with E-state index in [0.717, 1.165) is 29.0 Å². The Morgan fingerprint density at radius 2 is 1.85 bits per heavy atom. The Morgan fingerprint density at radius 3 is 2.70 bits per heavy atom. The summed E-state index contributed by atoms with van der Waals surface area (Å²) in [5.41, 5.74) is 3.29. The third-order valence-corrected chi connectivity index (χ3v) is 6.60. The Balaban J connectivity index is 1.42. The molecular formula is C26H23N3O3S. The quantitative estimate of drug-likeness (QED) is 0.355. The molecule has 0 aliphatic carbocycles. The van der Waals surface area contributed by atoms with E-state index >= 15 is 0 Å². The smallest absolute Gasteiger partial charge is 0.266 e. The summed E-state index contributed by atoms with van der Waals surface area (Å²) in [7, 11) is 0. The zero-order valence-electron chi connectivity index (χ0n) is 18.2. The molecule has 1 N–H and O–H groups in total. The van der Waals surface area contributed by atoms with Crippen LogP contribution in [0.2, 0.25) is 0 Å². The zero-order chi connectivity index (χ0) is 22.8. The molecule has 1 unspecified atom stereocenters. The minimum Gasteiger partial charge on any atom is -0.493 e. The zero-order valence-corrected chi connectivity index (χ0v) is 19.0. The van der Waals surface area contributed by atoms with Crippen molar-refractivity contribution in [3.63, 3.8) is 0 Å². The van der Waals surface area contributed by atoms with Crippen molar-refractivity contribution in [2.24, 2.45) is 0 Å². The van der Waals surface area contributed by atoms with Gasteiger partial charge < -0.3 is 10.1 Å². The summed E-state index contributed by atoms with van der Waals surface area (Å²) >= 11 is 1.26. The summed E-state index contributed by atoms with van der Waals surface area (Å²) in [5.74, 6) is 0.849. The van der Waals surface area contributed by atoms with E-state index in [-0.39, 0.29) is 23.3 Å². The number of hydrogen-bond acceptors (Lipinski definition) is 5. The van der Waals surface area contributed by atoms with Gasteiger partial charge in [0.25, 0.3) is 5.56 Å². The largest absolute Gasteiger partial charge is 0.493 e. The summed E-state index contributed by atoms with van der Waals surface area (Å²) in [4.78, 5) is 30.9. The summed E-state index contributed by atoms with van der Waals surface area (Å²) < 4.78 is 7.27. The van der Waals surface area contributed by atoms with Crippen LogP contribution in [0.25, 0.3) is 16.6 Å². The number of rotatable bonds is 5. The average molecular weight is 458 g/mol. The molecule has 7 heteroatoms. The lowest BCUT2D eigenvalue weighted by molar-refractivity contribution is -0.119. The predicted octanol–water partition coefficient (Wildman–Crippen LogP) is 4.43. The van der Waals surface area contributed by atoms with Crippen molar-refractivity contribution in [3.8, 4) is 11.4 Å². The van der Waals surface area contributed by atoms with Gasteiger partial charge in [0.05, 0.1) is 35.0 Å². The number of aromatic nitrogens is 2. The van der Waals surface area contributed by atoms with Crippen LogP contribution in [0.5, 0.6) is 5.75 Å². The van der Waals surface area contributed by atoms with E-state index in [0.29, 0.717) is 22.7 Å². The van der Waals surface area contributed by atoms with Gasteiger partial charge in [-0.1, -0.05) is 59.8 Å². The molecule has 0 radical (unpaired) electrons. The van der Waals surface area contributed by atoms with Crippen molar-refractivity contribution < 1.29 is 9.53 Å². The minimum atomic E-state index is -0.147. The topological polar surface area (TPSA) is 73.2 Å². The second-order valence-corrected chi connectivity index (χ2v) is 8.91. The number of fused-ring (bicyclic) bond motifs is 2. The van der Waals surface area contributed by atoms with E-state index in [9.17, 15) is 9.59 Å². The molecule has 0 bridgehead atoms. The van der Waals surface area contributed by atoms with Crippen LogP contribution in [-0.2, 0) is 4.79 Å². The number of nitrogens with one attached hydrogen (secondary N) is 1. The highest BCUT2D eigenvalue weighted by molar-refractivity contribution is 7.99. The fourth-order valence-corrected chi connectivity index (χ4v) is 4.81. The van der Waals surface area contributed by atoms with Crippen LogP contribution < -0.4 is 15.6 Å². The van der Waals surface area contributed by atoms with E-state index < -0.39 is 0 Å². The highest BCUT2D eigenvalue weighted by atomic mass is 32.2. The Labute approximate surface area is 195 Å². The second kappa shape index (κ2) is 9.11. The number of amides is 1. The molecular weight excluding hydrogens is 434 g/mol. The normalized spacial score (nSPS) is 15.0. The fraction of sp³-hybridized carbons (Fsp3) is 0.192. The third-order valence-electron chi connectivity index (χ3n) is 5.66. The summed E-state index contributed by atoms with van der Waals surface area (Å²) in [5, 5.41) is 4.15. The lowest BCUT2D eigenvalue weighted by Gasteiger charge is -2.26. The van der Waals surface area contributed by atoms with Crippen molar-refractivity contribution >= 4 is 28.6 Å². The molecule has 1 atom stereocenters. The lowest BCUT2D eigenvalue weighted by Crippen LogP contribution is -2.33. The van der Waals surface area contributed by atoms with Crippen LogP contribution in [-0.4, -0.2) is 27.8 Å². The van der Waals surface area contributed by atoms with E-state index in [2.05, 4.69) is 5.32 Å². The van der Waals surface area contributed by atoms with Gasteiger partial charge in [-0.2, -0.15) is 0 Å². The molecule has 0 saturated heterocycles. The van der Waals surface area contributed by atoms with Gasteiger partial charge in [-0.3, -0.25) is 14.2 Å². The Morgan fingerprint density at radius 1 is 1.09 bits per heavy atom. The first-order valence-corrected chi connectivity index (χ1v) is 11.8. The van der Waals surface area contributed by atoms with Crippen LogP contribution in [0.4, 0.5) is 0 Å². The van der Waals surface area contributed by atoms with Gasteiger partial charge in [0.15, 0.2) is 5.16 Å². The monoisotopic (exact) mass is 457 g/mol. The third kappa shape index (κ3) is 4.36. The SMILES string of the molecule is Cc1ccc(-n2c(SCC(=O)NC3CCOc4ccccc43)nc3ccccc3c2=O)cc1. The van der Waals surface area contributed by atoms with E-state index in [1.807, 2.05) is 73.7 Å². The second-order valence-electron chi connectivity index (χ2n) is 7.97. The van der Waals surface area contributed by atoms with Crippen molar-refractivity contribution in [1.82, 2.24) is 14.9 Å². The maximum absolute atomic E-state index is 13.3. The molecule has 1 aromatic heterocycles. The first-order valence-electron chi connectivity index (χ1n) is 10.8. The molecule has 2 heterocycles. The molecule has 0 spiro atoms. The summed E-state index contributed by atoms with van der Waals surface area (Å²) in [6, 6.07) is 22.7. The van der Waals surface area contributed by atoms with Crippen molar-refractivity contribution in [2.45, 2.75) is 24.5 Å². The van der Waals surface area contributed by atoms with E-state index in [4.69, 9.17) is 9.72 Å². The van der Waals surface area contributed by atoms with Gasteiger partial charge in [0, 0.05) is 12.0 Å². The van der Waals surface area contributed by atoms with E-state index in [1.54, 1.807) is 10.6 Å². The van der Waals surface area contributed by atoms with Crippen molar-refractivity contribution in [1.29, 1.82) is 0 Å². The Bertz CT molecular complexity index is 1380. The Hall–Kier alpha value is -3.58. The van der Waals surface area contributed by atoms with Crippen LogP contribution >= 0.6 is 11.8 Å². The number of thioether (sulfide) groups is 1. The van der Waals surface area contributed by atoms with Crippen LogP contribution in [0.15, 0.2) is 82.7 Å². The standard InChI is InChI=1S/C26H23N3O3S/c1-17-10-12-18(13-11-17)29-25(31)20-7-2-4-8-21(20)28-26(29)33-16-24(30)27-22-14-15-32-23-9-5-3-6-19(22)23/h2-13,22H,14-16H2,1H3,(H,27,30). The summed E-state index contributed by atoms with van der Waals surface area (Å²) in [6.45, 7) is 2.56. The molecule has 4 aromatic rings. The molecule has 166 valence electrons. The predicted molar refractivity (Wildman–Crippen MR) is 130 cm³/mol. The molecule has 0 saturated carbocycles.